The van der Waals surface area contributed by atoms with Crippen LogP contribution in [0.4, 0.5) is 0 Å². The molecule has 0 aliphatic carbocycles. The number of rotatable bonds is 5. The predicted molar refractivity (Wildman–Crippen MR) is 91.3 cm³/mol. The molecule has 0 saturated carbocycles. The molecule has 0 radical (unpaired) electrons. The van der Waals surface area contributed by atoms with Crippen molar-refractivity contribution in [2.75, 3.05) is 7.11 Å². The summed E-state index contributed by atoms with van der Waals surface area (Å²) in [7, 11) is 1.33. The Balaban J connectivity index is 1.76. The lowest BCUT2D eigenvalue weighted by Crippen LogP contribution is -2.03. The molecule has 3 rings (SSSR count). The van der Waals surface area contributed by atoms with Crippen LogP contribution in [0.5, 0.6) is 5.88 Å². The fraction of sp³-hybridized carbons (Fsp3) is 0.211. The number of hydrogen-bond donors (Lipinski definition) is 0. The number of aromatic nitrogens is 2. The molecule has 0 N–H and O–H groups in total. The van der Waals surface area contributed by atoms with Gasteiger partial charge in [0.05, 0.1) is 18.2 Å². The van der Waals surface area contributed by atoms with Crippen LogP contribution in [-0.4, -0.2) is 23.2 Å². The van der Waals surface area contributed by atoms with Gasteiger partial charge in [0, 0.05) is 17.8 Å². The van der Waals surface area contributed by atoms with Crippen molar-refractivity contribution in [2.24, 2.45) is 0 Å². The Kier molecular flexibility index (Phi) is 4.79. The molecule has 0 fully saturated rings. The van der Waals surface area contributed by atoms with Crippen LogP contribution in [0.25, 0.3) is 11.3 Å². The van der Waals surface area contributed by atoms with Crippen molar-refractivity contribution in [3.05, 3.63) is 65.0 Å². The summed E-state index contributed by atoms with van der Waals surface area (Å²) in [4.78, 5) is 15.5. The molecule has 1 aromatic carbocycles. The topological polar surface area (TPSA) is 74.5 Å². The van der Waals surface area contributed by atoms with Gasteiger partial charge in [-0.15, -0.1) is 0 Å². The summed E-state index contributed by atoms with van der Waals surface area (Å²) in [6.07, 6.45) is 1.42. The van der Waals surface area contributed by atoms with Gasteiger partial charge >= 0.3 is 5.97 Å². The summed E-state index contributed by atoms with van der Waals surface area (Å²) in [6.45, 7) is 4.14. The first-order valence-electron chi connectivity index (χ1n) is 7.78. The van der Waals surface area contributed by atoms with Crippen LogP contribution in [0.3, 0.4) is 0 Å². The van der Waals surface area contributed by atoms with E-state index in [1.807, 2.05) is 38.1 Å². The Morgan fingerprint density at radius 2 is 1.88 bits per heavy atom. The smallest absolute Gasteiger partial charge is 0.339 e. The SMILES string of the molecule is COC(=O)c1ccc(OCc2c(-c3ccc(C)cc3)noc2C)nc1. The van der Waals surface area contributed by atoms with Gasteiger partial charge in [0.15, 0.2) is 0 Å². The maximum atomic E-state index is 11.4. The normalized spacial score (nSPS) is 10.5. The fourth-order valence-electron chi connectivity index (χ4n) is 2.35. The van der Waals surface area contributed by atoms with Crippen molar-refractivity contribution in [1.82, 2.24) is 10.1 Å². The highest BCUT2D eigenvalue weighted by Gasteiger charge is 2.16. The number of carbonyl (C=O) groups excluding carboxylic acids is 1. The Morgan fingerprint density at radius 3 is 2.52 bits per heavy atom. The van der Waals surface area contributed by atoms with E-state index in [0.717, 1.165) is 16.8 Å². The molecule has 3 aromatic rings. The van der Waals surface area contributed by atoms with Gasteiger partial charge < -0.3 is 14.0 Å². The number of methoxy groups -OCH3 is 1. The summed E-state index contributed by atoms with van der Waals surface area (Å²) in [5.41, 5.74) is 4.13. The van der Waals surface area contributed by atoms with E-state index in [2.05, 4.69) is 14.9 Å². The lowest BCUT2D eigenvalue weighted by Gasteiger charge is -2.07. The lowest BCUT2D eigenvalue weighted by molar-refractivity contribution is 0.0600. The van der Waals surface area contributed by atoms with Gasteiger partial charge in [-0.05, 0) is 19.9 Å². The zero-order valence-corrected chi connectivity index (χ0v) is 14.3. The quantitative estimate of drug-likeness (QED) is 0.660. The lowest BCUT2D eigenvalue weighted by atomic mass is 10.1. The Bertz CT molecular complexity index is 867. The first-order valence-corrected chi connectivity index (χ1v) is 7.78. The highest BCUT2D eigenvalue weighted by Crippen LogP contribution is 2.26. The highest BCUT2D eigenvalue weighted by molar-refractivity contribution is 5.88. The number of esters is 1. The largest absolute Gasteiger partial charge is 0.473 e. The first kappa shape index (κ1) is 16.7. The average Bonchev–Trinajstić information content (AvgIpc) is 3.01. The van der Waals surface area contributed by atoms with Crippen LogP contribution >= 0.6 is 0 Å². The molecule has 0 atom stereocenters. The van der Waals surface area contributed by atoms with Crippen molar-refractivity contribution in [1.29, 1.82) is 0 Å². The van der Waals surface area contributed by atoms with Gasteiger partial charge in [0.2, 0.25) is 5.88 Å². The van der Waals surface area contributed by atoms with Gasteiger partial charge in [-0.2, -0.15) is 0 Å². The molecule has 0 aliphatic heterocycles. The van der Waals surface area contributed by atoms with Crippen LogP contribution in [0.2, 0.25) is 0 Å². The van der Waals surface area contributed by atoms with E-state index in [1.165, 1.54) is 18.9 Å². The molecule has 0 bridgehead atoms. The molecule has 2 aromatic heterocycles. The Hall–Kier alpha value is -3.15. The molecule has 25 heavy (non-hydrogen) atoms. The molecule has 128 valence electrons. The Labute approximate surface area is 145 Å². The second-order valence-corrected chi connectivity index (χ2v) is 5.60. The van der Waals surface area contributed by atoms with E-state index in [9.17, 15) is 4.79 Å². The van der Waals surface area contributed by atoms with E-state index in [-0.39, 0.29) is 6.61 Å². The average molecular weight is 338 g/mol. The molecule has 6 nitrogen and oxygen atoms in total. The summed E-state index contributed by atoms with van der Waals surface area (Å²) in [5.74, 6) is 0.667. The van der Waals surface area contributed by atoms with Crippen molar-refractivity contribution in [2.45, 2.75) is 20.5 Å². The first-order chi connectivity index (χ1) is 12.1. The summed E-state index contributed by atoms with van der Waals surface area (Å²) >= 11 is 0. The minimum atomic E-state index is -0.435. The predicted octanol–water partition coefficient (Wildman–Crippen LogP) is 3.72. The minimum Gasteiger partial charge on any atom is -0.473 e. The van der Waals surface area contributed by atoms with E-state index in [4.69, 9.17) is 9.26 Å². The van der Waals surface area contributed by atoms with Crippen molar-refractivity contribution < 1.29 is 18.8 Å². The van der Waals surface area contributed by atoms with E-state index >= 15 is 0 Å². The van der Waals surface area contributed by atoms with Crippen molar-refractivity contribution in [3.8, 4) is 17.1 Å². The van der Waals surface area contributed by atoms with Gasteiger partial charge in [-0.1, -0.05) is 35.0 Å². The van der Waals surface area contributed by atoms with Crippen molar-refractivity contribution >= 4 is 5.97 Å². The van der Waals surface area contributed by atoms with Crippen molar-refractivity contribution in [3.63, 3.8) is 0 Å². The van der Waals surface area contributed by atoms with E-state index in [0.29, 0.717) is 17.2 Å². The number of pyridine rings is 1. The molecular weight excluding hydrogens is 320 g/mol. The third-order valence-corrected chi connectivity index (χ3v) is 3.83. The molecule has 0 spiro atoms. The van der Waals surface area contributed by atoms with Crippen LogP contribution in [0.1, 0.15) is 27.2 Å². The van der Waals surface area contributed by atoms with Crippen LogP contribution < -0.4 is 4.74 Å². The summed E-state index contributed by atoms with van der Waals surface area (Å²) < 4.78 is 15.7. The number of aryl methyl sites for hydroxylation is 2. The van der Waals surface area contributed by atoms with Crippen LogP contribution in [0.15, 0.2) is 47.1 Å². The number of ether oxygens (including phenoxy) is 2. The van der Waals surface area contributed by atoms with Crippen LogP contribution in [0, 0.1) is 13.8 Å². The zero-order valence-electron chi connectivity index (χ0n) is 14.3. The highest BCUT2D eigenvalue weighted by atomic mass is 16.5. The third kappa shape index (κ3) is 3.68. The number of benzene rings is 1. The molecule has 2 heterocycles. The zero-order chi connectivity index (χ0) is 17.8. The number of hydrogen-bond acceptors (Lipinski definition) is 6. The maximum Gasteiger partial charge on any atom is 0.339 e. The monoisotopic (exact) mass is 338 g/mol. The Morgan fingerprint density at radius 1 is 1.12 bits per heavy atom. The standard InChI is InChI=1S/C19H18N2O4/c1-12-4-6-14(7-5-12)18-16(13(2)25-21-18)11-24-17-9-8-15(10-20-17)19(22)23-3/h4-10H,11H2,1-3H3. The minimum absolute atomic E-state index is 0.267. The van der Waals surface area contributed by atoms with Crippen LogP contribution in [-0.2, 0) is 11.3 Å². The van der Waals surface area contributed by atoms with Gasteiger partial charge in [-0.25, -0.2) is 9.78 Å². The number of nitrogens with zero attached hydrogens (tertiary/aromatic N) is 2. The van der Waals surface area contributed by atoms with Gasteiger partial charge in [0.1, 0.15) is 18.1 Å². The second kappa shape index (κ2) is 7.17. The number of carbonyl (C=O) groups is 1. The van der Waals surface area contributed by atoms with E-state index < -0.39 is 5.97 Å². The molecular formula is C19H18N2O4. The third-order valence-electron chi connectivity index (χ3n) is 3.83. The molecule has 0 amide bonds. The molecule has 0 aliphatic rings. The summed E-state index contributed by atoms with van der Waals surface area (Å²) in [5, 5.41) is 4.14. The van der Waals surface area contributed by atoms with Gasteiger partial charge in [-0.3, -0.25) is 0 Å². The molecule has 6 heteroatoms. The fourth-order valence-corrected chi connectivity index (χ4v) is 2.35. The molecule has 0 unspecified atom stereocenters. The second-order valence-electron chi connectivity index (χ2n) is 5.60. The maximum absolute atomic E-state index is 11.4. The van der Waals surface area contributed by atoms with E-state index in [1.54, 1.807) is 12.1 Å². The molecule has 0 saturated heterocycles. The van der Waals surface area contributed by atoms with Gasteiger partial charge in [0.25, 0.3) is 0 Å². The summed E-state index contributed by atoms with van der Waals surface area (Å²) in [6, 6.07) is 11.3.